The molecular formula is C9H8F4N2. The average Bonchev–Trinajstić information content (AvgIpc) is 2.15. The molecule has 1 rings (SSSR count). The van der Waals surface area contributed by atoms with Gasteiger partial charge in [-0.05, 0) is 17.7 Å². The minimum Gasteiger partial charge on any atom is -0.313 e. The van der Waals surface area contributed by atoms with E-state index < -0.39 is 17.6 Å². The first-order valence-electron chi connectivity index (χ1n) is 4.01. The lowest BCUT2D eigenvalue weighted by Crippen LogP contribution is -2.08. The first-order valence-corrected chi connectivity index (χ1v) is 4.01. The number of halogens is 4. The summed E-state index contributed by atoms with van der Waals surface area (Å²) in [5, 5.41) is 3.53. The lowest BCUT2D eigenvalue weighted by atomic mass is 10.1. The molecule has 0 saturated heterocycles. The Morgan fingerprint density at radius 2 is 2.00 bits per heavy atom. The number of nitrogens with zero attached hydrogens (tertiary/aromatic N) is 1. The summed E-state index contributed by atoms with van der Waals surface area (Å²) < 4.78 is 49.6. The highest BCUT2D eigenvalue weighted by Crippen LogP contribution is 2.31. The molecule has 0 aliphatic carbocycles. The van der Waals surface area contributed by atoms with Crippen LogP contribution in [0.25, 0.3) is 0 Å². The minimum absolute atomic E-state index is 0.179. The Balaban J connectivity index is 3.11. The van der Waals surface area contributed by atoms with E-state index >= 15 is 0 Å². The fourth-order valence-corrected chi connectivity index (χ4v) is 0.980. The van der Waals surface area contributed by atoms with Crippen LogP contribution in [0.2, 0.25) is 0 Å². The van der Waals surface area contributed by atoms with Crippen LogP contribution in [0.5, 0.6) is 0 Å². The van der Waals surface area contributed by atoms with Gasteiger partial charge in [-0.3, -0.25) is 0 Å². The molecule has 0 unspecified atom stereocenters. The third-order valence-corrected chi connectivity index (χ3v) is 1.64. The van der Waals surface area contributed by atoms with Crippen LogP contribution in [-0.4, -0.2) is 13.3 Å². The van der Waals surface area contributed by atoms with Gasteiger partial charge in [-0.2, -0.15) is 18.3 Å². The molecule has 1 aromatic rings. The van der Waals surface area contributed by atoms with E-state index in [0.717, 1.165) is 6.07 Å². The molecule has 0 aromatic heterocycles. The van der Waals surface area contributed by atoms with Crippen LogP contribution >= 0.6 is 0 Å². The zero-order valence-electron chi connectivity index (χ0n) is 7.77. The summed E-state index contributed by atoms with van der Waals surface area (Å²) in [6.07, 6.45) is -3.51. The van der Waals surface area contributed by atoms with Crippen molar-refractivity contribution in [3.63, 3.8) is 0 Å². The zero-order chi connectivity index (χ0) is 11.5. The van der Waals surface area contributed by atoms with Gasteiger partial charge >= 0.3 is 6.18 Å². The van der Waals surface area contributed by atoms with E-state index in [1.807, 2.05) is 0 Å². The van der Waals surface area contributed by atoms with Gasteiger partial charge in [0.15, 0.2) is 0 Å². The van der Waals surface area contributed by atoms with Gasteiger partial charge in [0.05, 0.1) is 11.8 Å². The molecule has 0 saturated carbocycles. The van der Waals surface area contributed by atoms with E-state index in [0.29, 0.717) is 6.07 Å². The van der Waals surface area contributed by atoms with Crippen LogP contribution < -0.4 is 5.43 Å². The van der Waals surface area contributed by atoms with Crippen molar-refractivity contribution in [1.82, 2.24) is 5.43 Å². The highest BCUT2D eigenvalue weighted by atomic mass is 19.4. The van der Waals surface area contributed by atoms with E-state index in [-0.39, 0.29) is 5.56 Å². The second-order valence-electron chi connectivity index (χ2n) is 2.72. The van der Waals surface area contributed by atoms with Gasteiger partial charge in [0, 0.05) is 7.05 Å². The van der Waals surface area contributed by atoms with Gasteiger partial charge in [-0.15, -0.1) is 0 Å². The van der Waals surface area contributed by atoms with Crippen molar-refractivity contribution in [2.24, 2.45) is 5.10 Å². The molecule has 0 atom stereocenters. The molecule has 0 amide bonds. The molecule has 0 aliphatic rings. The molecule has 0 bridgehead atoms. The Kier molecular flexibility index (Phi) is 3.28. The Bertz CT molecular complexity index is 371. The normalized spacial score (nSPS) is 12.1. The number of benzene rings is 1. The predicted octanol–water partition coefficient (Wildman–Crippen LogP) is 2.40. The van der Waals surface area contributed by atoms with Crippen molar-refractivity contribution < 1.29 is 17.6 Å². The summed E-state index contributed by atoms with van der Waals surface area (Å²) in [6, 6.07) is 2.68. The number of hydrogen-bond donors (Lipinski definition) is 1. The first kappa shape index (κ1) is 11.5. The number of rotatable bonds is 2. The Morgan fingerprint density at radius 1 is 1.33 bits per heavy atom. The summed E-state index contributed by atoms with van der Waals surface area (Å²) in [5.74, 6) is -1.29. The van der Waals surface area contributed by atoms with Crippen LogP contribution in [0.3, 0.4) is 0 Å². The lowest BCUT2D eigenvalue weighted by molar-refractivity contribution is -0.140. The van der Waals surface area contributed by atoms with Crippen molar-refractivity contribution in [2.45, 2.75) is 6.18 Å². The lowest BCUT2D eigenvalue weighted by Gasteiger charge is -2.08. The summed E-state index contributed by atoms with van der Waals surface area (Å²) in [5.41, 5.74) is 1.27. The number of hydrazone groups is 1. The summed E-state index contributed by atoms with van der Waals surface area (Å²) in [4.78, 5) is 0. The molecule has 0 aliphatic heterocycles. The SMILES string of the molecule is CN/N=C/c1ccc(F)c(C(F)(F)F)c1. The number of nitrogens with one attached hydrogen (secondary N) is 1. The second kappa shape index (κ2) is 4.29. The second-order valence-corrected chi connectivity index (χ2v) is 2.72. The van der Waals surface area contributed by atoms with E-state index in [1.54, 1.807) is 0 Å². The van der Waals surface area contributed by atoms with Crippen LogP contribution in [-0.2, 0) is 6.18 Å². The molecule has 0 fully saturated rings. The largest absolute Gasteiger partial charge is 0.419 e. The smallest absolute Gasteiger partial charge is 0.313 e. The molecule has 1 aromatic carbocycles. The Labute approximate surface area is 83.6 Å². The highest BCUT2D eigenvalue weighted by molar-refractivity contribution is 5.79. The van der Waals surface area contributed by atoms with E-state index in [9.17, 15) is 17.6 Å². The summed E-state index contributed by atoms with van der Waals surface area (Å²) >= 11 is 0. The highest BCUT2D eigenvalue weighted by Gasteiger charge is 2.33. The fourth-order valence-electron chi connectivity index (χ4n) is 0.980. The van der Waals surface area contributed by atoms with E-state index in [2.05, 4.69) is 10.5 Å². The maximum atomic E-state index is 12.8. The van der Waals surface area contributed by atoms with Crippen molar-refractivity contribution in [3.05, 3.63) is 35.1 Å². The minimum atomic E-state index is -4.69. The van der Waals surface area contributed by atoms with E-state index in [1.165, 1.54) is 19.3 Å². The van der Waals surface area contributed by atoms with Crippen LogP contribution in [0.15, 0.2) is 23.3 Å². The molecule has 1 N–H and O–H groups in total. The monoisotopic (exact) mass is 220 g/mol. The van der Waals surface area contributed by atoms with Crippen LogP contribution in [0, 0.1) is 5.82 Å². The summed E-state index contributed by atoms with van der Waals surface area (Å²) in [7, 11) is 1.50. The molecule has 0 radical (unpaired) electrons. The van der Waals surface area contributed by atoms with Gasteiger partial charge in [0.1, 0.15) is 5.82 Å². The van der Waals surface area contributed by atoms with Crippen molar-refractivity contribution in [2.75, 3.05) is 7.05 Å². The first-order chi connectivity index (χ1) is 6.95. The van der Waals surface area contributed by atoms with Crippen LogP contribution in [0.4, 0.5) is 17.6 Å². The molecule has 2 nitrogen and oxygen atoms in total. The molecule has 15 heavy (non-hydrogen) atoms. The molecule has 0 spiro atoms. The fraction of sp³-hybridized carbons (Fsp3) is 0.222. The third-order valence-electron chi connectivity index (χ3n) is 1.64. The molecule has 6 heteroatoms. The van der Waals surface area contributed by atoms with Crippen LogP contribution in [0.1, 0.15) is 11.1 Å². The van der Waals surface area contributed by atoms with E-state index in [4.69, 9.17) is 0 Å². The summed E-state index contributed by atoms with van der Waals surface area (Å²) in [6.45, 7) is 0. The molecular weight excluding hydrogens is 212 g/mol. The third kappa shape index (κ3) is 2.93. The van der Waals surface area contributed by atoms with Gasteiger partial charge in [0.2, 0.25) is 0 Å². The Morgan fingerprint density at radius 3 is 2.53 bits per heavy atom. The van der Waals surface area contributed by atoms with Crippen molar-refractivity contribution >= 4 is 6.21 Å². The standard InChI is InChI=1S/C9H8F4N2/c1-14-15-5-6-2-3-8(10)7(4-6)9(11,12)13/h2-5,14H,1H3/b15-5+. The maximum absolute atomic E-state index is 12.8. The molecule has 82 valence electrons. The number of hydrogen-bond acceptors (Lipinski definition) is 2. The van der Waals surface area contributed by atoms with Crippen molar-refractivity contribution in [1.29, 1.82) is 0 Å². The number of alkyl halides is 3. The predicted molar refractivity (Wildman–Crippen MR) is 48.1 cm³/mol. The quantitative estimate of drug-likeness (QED) is 0.462. The van der Waals surface area contributed by atoms with Gasteiger partial charge < -0.3 is 5.43 Å². The maximum Gasteiger partial charge on any atom is 0.419 e. The van der Waals surface area contributed by atoms with Crippen molar-refractivity contribution in [3.8, 4) is 0 Å². The Hall–Kier alpha value is -1.59. The average molecular weight is 220 g/mol. The van der Waals surface area contributed by atoms with Gasteiger partial charge in [0.25, 0.3) is 0 Å². The van der Waals surface area contributed by atoms with Gasteiger partial charge in [-0.25, -0.2) is 4.39 Å². The molecule has 0 heterocycles. The van der Waals surface area contributed by atoms with Gasteiger partial charge in [-0.1, -0.05) is 6.07 Å². The topological polar surface area (TPSA) is 24.4 Å². The zero-order valence-corrected chi connectivity index (χ0v) is 7.77.